The summed E-state index contributed by atoms with van der Waals surface area (Å²) in [6.07, 6.45) is 4.87. The van der Waals surface area contributed by atoms with Crippen LogP contribution in [-0.4, -0.2) is 57.7 Å². The summed E-state index contributed by atoms with van der Waals surface area (Å²) >= 11 is 3.41. The first-order valence-corrected chi connectivity index (χ1v) is 14.8. The molecule has 0 saturated carbocycles. The summed E-state index contributed by atoms with van der Waals surface area (Å²) in [4.78, 5) is 7.39. The molecule has 0 amide bonds. The van der Waals surface area contributed by atoms with Crippen molar-refractivity contribution in [1.82, 2.24) is 10.3 Å². The van der Waals surface area contributed by atoms with Gasteiger partial charge in [0.25, 0.3) is 0 Å². The maximum atomic E-state index is 10.2. The minimum Gasteiger partial charge on any atom is -0.383 e. The lowest BCUT2D eigenvalue weighted by molar-refractivity contribution is 0.193. The van der Waals surface area contributed by atoms with Crippen molar-refractivity contribution in [3.8, 4) is 6.07 Å². The van der Waals surface area contributed by atoms with Crippen molar-refractivity contribution < 1.29 is 4.74 Å². The number of anilines is 2. The van der Waals surface area contributed by atoms with Crippen LogP contribution in [0, 0.1) is 11.3 Å². The van der Waals surface area contributed by atoms with Gasteiger partial charge in [-0.2, -0.15) is 5.26 Å². The fraction of sp³-hybridized carbons (Fsp3) is 0.556. The molecule has 36 heavy (non-hydrogen) atoms. The van der Waals surface area contributed by atoms with Gasteiger partial charge in [0.2, 0.25) is 0 Å². The molecule has 3 N–H and O–H groups in total. The summed E-state index contributed by atoms with van der Waals surface area (Å²) in [5, 5.41) is 14.7. The second kappa shape index (κ2) is 14.1. The maximum absolute atomic E-state index is 10.2. The van der Waals surface area contributed by atoms with Gasteiger partial charge in [-0.1, -0.05) is 31.0 Å². The molecule has 2 heterocycles. The first-order chi connectivity index (χ1) is 17.4. The van der Waals surface area contributed by atoms with Crippen molar-refractivity contribution in [1.29, 1.82) is 5.26 Å². The number of hydrogen-bond donors (Lipinski definition) is 2. The van der Waals surface area contributed by atoms with E-state index >= 15 is 0 Å². The molecular formula is C27H40N6OS2. The lowest BCUT2D eigenvalue weighted by atomic mass is 9.96. The molecule has 1 unspecified atom stereocenters. The van der Waals surface area contributed by atoms with Gasteiger partial charge in [-0.15, -0.1) is 11.8 Å². The number of aromatic nitrogens is 1. The van der Waals surface area contributed by atoms with Crippen molar-refractivity contribution >= 4 is 35.2 Å². The number of hydrogen-bond acceptors (Lipinski definition) is 9. The molecule has 196 valence electrons. The smallest absolute Gasteiger partial charge is 0.148 e. The first kappa shape index (κ1) is 28.6. The Balaban J connectivity index is 1.85. The largest absolute Gasteiger partial charge is 0.383 e. The van der Waals surface area contributed by atoms with E-state index in [1.165, 1.54) is 11.3 Å². The second-order valence-electron chi connectivity index (χ2n) is 9.11. The second-order valence-corrected chi connectivity index (χ2v) is 11.0. The van der Waals surface area contributed by atoms with E-state index in [1.54, 1.807) is 30.8 Å². The Morgan fingerprint density at radius 3 is 2.56 bits per heavy atom. The van der Waals surface area contributed by atoms with Crippen molar-refractivity contribution in [3.63, 3.8) is 0 Å². The zero-order valence-corrected chi connectivity index (χ0v) is 23.8. The zero-order valence-electron chi connectivity index (χ0n) is 22.2. The lowest BCUT2D eigenvalue weighted by Crippen LogP contribution is -2.44. The van der Waals surface area contributed by atoms with Crippen LogP contribution in [0.25, 0.3) is 0 Å². The lowest BCUT2D eigenvalue weighted by Gasteiger charge is -2.35. The number of ether oxygens (including phenoxy) is 1. The van der Waals surface area contributed by atoms with Crippen LogP contribution in [0.3, 0.4) is 0 Å². The Labute approximate surface area is 225 Å². The van der Waals surface area contributed by atoms with E-state index < -0.39 is 0 Å². The van der Waals surface area contributed by atoms with Crippen LogP contribution in [0.2, 0.25) is 0 Å². The van der Waals surface area contributed by atoms with Crippen molar-refractivity contribution in [3.05, 3.63) is 46.5 Å². The number of nitrogens with one attached hydrogen (secondary N) is 1. The molecule has 2 aromatic rings. The van der Waals surface area contributed by atoms with E-state index in [-0.39, 0.29) is 6.04 Å². The summed E-state index contributed by atoms with van der Waals surface area (Å²) in [6.45, 7) is 7.43. The van der Waals surface area contributed by atoms with Gasteiger partial charge in [0.15, 0.2) is 0 Å². The highest BCUT2D eigenvalue weighted by atomic mass is 32.2. The number of methoxy groups -OCH3 is 1. The molecule has 0 spiro atoms. The minimum atomic E-state index is -0.190. The van der Waals surface area contributed by atoms with Gasteiger partial charge in [-0.25, -0.2) is 4.98 Å². The van der Waals surface area contributed by atoms with Crippen molar-refractivity contribution in [2.75, 3.05) is 55.9 Å². The van der Waals surface area contributed by atoms with Gasteiger partial charge in [0.1, 0.15) is 16.9 Å². The number of nitriles is 1. The van der Waals surface area contributed by atoms with Gasteiger partial charge < -0.3 is 25.0 Å². The third-order valence-electron chi connectivity index (χ3n) is 6.69. The van der Waals surface area contributed by atoms with Crippen LogP contribution >= 0.6 is 23.7 Å². The van der Waals surface area contributed by atoms with E-state index in [0.29, 0.717) is 11.6 Å². The zero-order chi connectivity index (χ0) is 26.1. The number of pyridine rings is 1. The molecule has 0 radical (unpaired) electrons. The van der Waals surface area contributed by atoms with Gasteiger partial charge in [-0.3, -0.25) is 0 Å². The summed E-state index contributed by atoms with van der Waals surface area (Å²) in [7, 11) is 3.79. The number of piperidine rings is 1. The van der Waals surface area contributed by atoms with E-state index in [1.807, 2.05) is 6.92 Å². The summed E-state index contributed by atoms with van der Waals surface area (Å²) in [6, 6.07) is 11.4. The fourth-order valence-corrected chi connectivity index (χ4v) is 6.07. The van der Waals surface area contributed by atoms with Crippen LogP contribution in [0.5, 0.6) is 0 Å². The van der Waals surface area contributed by atoms with E-state index in [0.717, 1.165) is 73.2 Å². The fourth-order valence-electron chi connectivity index (χ4n) is 4.62. The monoisotopic (exact) mass is 528 g/mol. The third kappa shape index (κ3) is 7.08. The Morgan fingerprint density at radius 1 is 1.31 bits per heavy atom. The number of benzene rings is 1. The Kier molecular flexibility index (Phi) is 11.2. The molecule has 1 aromatic carbocycles. The summed E-state index contributed by atoms with van der Waals surface area (Å²) < 4.78 is 7.31. The molecule has 1 fully saturated rings. The third-order valence-corrected chi connectivity index (χ3v) is 8.51. The van der Waals surface area contributed by atoms with Gasteiger partial charge >= 0.3 is 0 Å². The first-order valence-electron chi connectivity index (χ1n) is 12.6. The molecule has 1 aromatic heterocycles. The number of rotatable bonds is 12. The SMILES string of the molecule is CCc1c(C#N)c(N2CCC(NCCOC)CC2)nc(SCc2ccc(N(C)SC)cc2)c1C(C)N. The quantitative estimate of drug-likeness (QED) is 0.230. The van der Waals surface area contributed by atoms with Crippen LogP contribution in [-0.2, 0) is 16.9 Å². The highest BCUT2D eigenvalue weighted by Gasteiger charge is 2.27. The van der Waals surface area contributed by atoms with Gasteiger partial charge in [0, 0.05) is 69.1 Å². The predicted molar refractivity (Wildman–Crippen MR) is 154 cm³/mol. The number of thioether (sulfide) groups is 1. The van der Waals surface area contributed by atoms with Crippen molar-refractivity contribution in [2.24, 2.45) is 5.73 Å². The normalized spacial score (nSPS) is 15.1. The maximum Gasteiger partial charge on any atom is 0.148 e. The molecule has 9 heteroatoms. The van der Waals surface area contributed by atoms with Gasteiger partial charge in [0.05, 0.1) is 12.2 Å². The molecule has 1 aliphatic rings. The molecular weight excluding hydrogens is 488 g/mol. The Hall–Kier alpha value is -1.96. The minimum absolute atomic E-state index is 0.190. The van der Waals surface area contributed by atoms with Gasteiger partial charge in [-0.05, 0) is 49.4 Å². The molecule has 3 rings (SSSR count). The average molecular weight is 529 g/mol. The van der Waals surface area contributed by atoms with Crippen LogP contribution in [0.4, 0.5) is 11.5 Å². The molecule has 1 atom stereocenters. The standard InChI is InChI=1S/C27H40N6OS2/c1-6-23-24(17-28)26(33-14-11-21(12-15-33)30-13-16-34-4)31-27(25(23)19(2)29)36-18-20-7-9-22(10-8-20)32(3)35-5/h7-10,19,21,30H,6,11-16,18,29H2,1-5H3. The van der Waals surface area contributed by atoms with E-state index in [9.17, 15) is 5.26 Å². The van der Waals surface area contributed by atoms with E-state index in [4.69, 9.17) is 15.5 Å². The molecule has 0 bridgehead atoms. The molecule has 1 saturated heterocycles. The molecule has 0 aliphatic carbocycles. The predicted octanol–water partition coefficient (Wildman–Crippen LogP) is 4.75. The van der Waals surface area contributed by atoms with Crippen LogP contribution in [0.1, 0.15) is 55.0 Å². The number of nitrogens with two attached hydrogens (primary N) is 1. The van der Waals surface area contributed by atoms with Crippen LogP contribution in [0.15, 0.2) is 29.3 Å². The van der Waals surface area contributed by atoms with Crippen LogP contribution < -0.4 is 20.3 Å². The highest BCUT2D eigenvalue weighted by Crippen LogP contribution is 2.37. The summed E-state index contributed by atoms with van der Waals surface area (Å²) in [5.74, 6) is 1.62. The topological polar surface area (TPSA) is 90.4 Å². The Morgan fingerprint density at radius 2 is 2.00 bits per heavy atom. The van der Waals surface area contributed by atoms with Crippen molar-refractivity contribution in [2.45, 2.75) is 56.0 Å². The average Bonchev–Trinajstić information content (AvgIpc) is 2.91. The molecule has 1 aliphatic heterocycles. The Bertz CT molecular complexity index is 1020. The number of nitrogens with zero attached hydrogens (tertiary/aromatic N) is 4. The molecule has 7 nitrogen and oxygen atoms in total. The summed E-state index contributed by atoms with van der Waals surface area (Å²) in [5.41, 5.74) is 11.6. The van der Waals surface area contributed by atoms with E-state index in [2.05, 4.69) is 65.1 Å². The highest BCUT2D eigenvalue weighted by molar-refractivity contribution is 7.99.